The van der Waals surface area contributed by atoms with Crippen molar-refractivity contribution in [3.05, 3.63) is 21.9 Å². The molecule has 0 radical (unpaired) electrons. The van der Waals surface area contributed by atoms with Crippen LogP contribution in [-0.4, -0.2) is 23.4 Å². The van der Waals surface area contributed by atoms with Crippen LogP contribution in [0.1, 0.15) is 42.7 Å². The normalized spacial score (nSPS) is 24.8. The highest BCUT2D eigenvalue weighted by molar-refractivity contribution is 7.10. The van der Waals surface area contributed by atoms with Crippen molar-refractivity contribution in [3.63, 3.8) is 0 Å². The molecule has 2 heterocycles. The Kier molecular flexibility index (Phi) is 3.16. The van der Waals surface area contributed by atoms with E-state index in [1.807, 2.05) is 18.3 Å². The Morgan fingerprint density at radius 3 is 3.06 bits per heavy atom. The van der Waals surface area contributed by atoms with Crippen molar-refractivity contribution >= 4 is 17.2 Å². The number of carbonyl (C=O) groups is 1. The predicted molar refractivity (Wildman–Crippen MR) is 73.5 cm³/mol. The first-order valence-electron chi connectivity index (χ1n) is 6.84. The van der Waals surface area contributed by atoms with E-state index >= 15 is 0 Å². The first-order chi connectivity index (χ1) is 8.72. The number of carbonyl (C=O) groups excluding carboxylic acids is 1. The lowest BCUT2D eigenvalue weighted by atomic mass is 9.95. The van der Waals surface area contributed by atoms with Gasteiger partial charge in [0.2, 0.25) is 5.91 Å². The van der Waals surface area contributed by atoms with Gasteiger partial charge in [-0.25, -0.2) is 0 Å². The first kappa shape index (κ1) is 12.2. The molecule has 1 saturated carbocycles. The van der Waals surface area contributed by atoms with Crippen LogP contribution in [0.15, 0.2) is 11.4 Å². The van der Waals surface area contributed by atoms with E-state index in [1.165, 1.54) is 23.3 Å². The van der Waals surface area contributed by atoms with Gasteiger partial charge < -0.3 is 10.6 Å². The molecule has 1 aliphatic carbocycles. The number of rotatable bonds is 3. The fraction of sp³-hybridized carbons (Fsp3) is 0.643. The van der Waals surface area contributed by atoms with Crippen molar-refractivity contribution < 1.29 is 4.79 Å². The molecule has 2 atom stereocenters. The smallest absolute Gasteiger partial charge is 0.240 e. The lowest BCUT2D eigenvalue weighted by Crippen LogP contribution is -2.48. The Morgan fingerprint density at radius 2 is 2.39 bits per heavy atom. The van der Waals surface area contributed by atoms with Crippen LogP contribution in [0, 0.1) is 5.92 Å². The molecule has 0 saturated heterocycles. The highest BCUT2D eigenvalue weighted by Gasteiger charge is 2.42. The summed E-state index contributed by atoms with van der Waals surface area (Å²) in [6.45, 7) is 2.83. The molecule has 1 amide bonds. The second kappa shape index (κ2) is 4.67. The molecule has 98 valence electrons. The molecule has 1 unspecified atom stereocenters. The van der Waals surface area contributed by atoms with Crippen molar-refractivity contribution in [3.8, 4) is 0 Å². The second-order valence-corrected chi connectivity index (χ2v) is 6.38. The van der Waals surface area contributed by atoms with Crippen molar-refractivity contribution in [1.82, 2.24) is 4.90 Å². The fourth-order valence-electron chi connectivity index (χ4n) is 2.90. The second-order valence-electron chi connectivity index (χ2n) is 5.38. The SMILES string of the molecule is CC[C@@H](N)C(=O)N1CCc2sccc2C1C1CC1. The van der Waals surface area contributed by atoms with Gasteiger partial charge in [-0.2, -0.15) is 0 Å². The molecule has 0 spiro atoms. The lowest BCUT2D eigenvalue weighted by Gasteiger charge is -2.37. The minimum Gasteiger partial charge on any atom is -0.334 e. The largest absolute Gasteiger partial charge is 0.334 e. The minimum atomic E-state index is -0.327. The Hall–Kier alpha value is -0.870. The van der Waals surface area contributed by atoms with Gasteiger partial charge in [0.25, 0.3) is 0 Å². The molecule has 2 aliphatic rings. The molecule has 4 heteroatoms. The number of fused-ring (bicyclic) bond motifs is 1. The van der Waals surface area contributed by atoms with Gasteiger partial charge in [0, 0.05) is 11.4 Å². The van der Waals surface area contributed by atoms with Gasteiger partial charge >= 0.3 is 0 Å². The third-order valence-corrected chi connectivity index (χ3v) is 5.12. The highest BCUT2D eigenvalue weighted by Crippen LogP contribution is 2.48. The maximum Gasteiger partial charge on any atom is 0.240 e. The van der Waals surface area contributed by atoms with Crippen molar-refractivity contribution in [2.24, 2.45) is 11.7 Å². The van der Waals surface area contributed by atoms with E-state index in [4.69, 9.17) is 5.73 Å². The molecule has 1 aliphatic heterocycles. The molecule has 0 bridgehead atoms. The molecule has 1 aromatic heterocycles. The number of hydrogen-bond donors (Lipinski definition) is 1. The third-order valence-electron chi connectivity index (χ3n) is 4.12. The van der Waals surface area contributed by atoms with Crippen LogP contribution in [0.25, 0.3) is 0 Å². The zero-order valence-electron chi connectivity index (χ0n) is 10.8. The van der Waals surface area contributed by atoms with Gasteiger partial charge in [-0.05, 0) is 48.6 Å². The van der Waals surface area contributed by atoms with Crippen LogP contribution in [0.3, 0.4) is 0 Å². The maximum absolute atomic E-state index is 12.4. The van der Waals surface area contributed by atoms with E-state index in [9.17, 15) is 4.79 Å². The Morgan fingerprint density at radius 1 is 1.61 bits per heavy atom. The average Bonchev–Trinajstić information content (AvgIpc) is 3.12. The molecule has 18 heavy (non-hydrogen) atoms. The third kappa shape index (κ3) is 1.97. The van der Waals surface area contributed by atoms with Gasteiger partial charge in [-0.15, -0.1) is 11.3 Å². The molecule has 1 fully saturated rings. The summed E-state index contributed by atoms with van der Waals surface area (Å²) in [6.07, 6.45) is 4.23. The number of nitrogens with zero attached hydrogens (tertiary/aromatic N) is 1. The Bertz CT molecular complexity index is 452. The van der Waals surface area contributed by atoms with Gasteiger partial charge in [0.05, 0.1) is 12.1 Å². The van der Waals surface area contributed by atoms with Crippen LogP contribution in [0.5, 0.6) is 0 Å². The fourth-order valence-corrected chi connectivity index (χ4v) is 3.81. The van der Waals surface area contributed by atoms with Crippen LogP contribution in [0.2, 0.25) is 0 Å². The average molecular weight is 264 g/mol. The molecule has 1 aromatic rings. The monoisotopic (exact) mass is 264 g/mol. The van der Waals surface area contributed by atoms with Crippen LogP contribution in [0.4, 0.5) is 0 Å². The number of nitrogens with two attached hydrogens (primary N) is 1. The van der Waals surface area contributed by atoms with E-state index in [2.05, 4.69) is 16.3 Å². The summed E-state index contributed by atoms with van der Waals surface area (Å²) < 4.78 is 0. The van der Waals surface area contributed by atoms with Crippen molar-refractivity contribution in [1.29, 1.82) is 0 Å². The summed E-state index contributed by atoms with van der Waals surface area (Å²) >= 11 is 1.83. The zero-order valence-corrected chi connectivity index (χ0v) is 11.6. The Balaban J connectivity index is 1.89. The van der Waals surface area contributed by atoms with E-state index in [-0.39, 0.29) is 11.9 Å². The van der Waals surface area contributed by atoms with Crippen molar-refractivity contribution in [2.75, 3.05) is 6.54 Å². The van der Waals surface area contributed by atoms with E-state index in [0.717, 1.165) is 19.4 Å². The van der Waals surface area contributed by atoms with Gasteiger partial charge in [0.1, 0.15) is 0 Å². The number of thiophene rings is 1. The van der Waals surface area contributed by atoms with Crippen LogP contribution in [-0.2, 0) is 11.2 Å². The zero-order chi connectivity index (χ0) is 12.7. The Labute approximate surface area is 112 Å². The minimum absolute atomic E-state index is 0.145. The maximum atomic E-state index is 12.4. The van der Waals surface area contributed by atoms with Gasteiger partial charge in [-0.3, -0.25) is 4.79 Å². The summed E-state index contributed by atoms with van der Waals surface area (Å²) in [7, 11) is 0. The molecule has 0 aromatic carbocycles. The summed E-state index contributed by atoms with van der Waals surface area (Å²) in [5, 5.41) is 2.16. The van der Waals surface area contributed by atoms with Crippen molar-refractivity contribution in [2.45, 2.75) is 44.7 Å². The summed E-state index contributed by atoms with van der Waals surface area (Å²) in [4.78, 5) is 15.9. The molecule has 3 rings (SSSR count). The summed E-state index contributed by atoms with van der Waals surface area (Å²) in [6, 6.07) is 2.19. The summed E-state index contributed by atoms with van der Waals surface area (Å²) in [5.41, 5.74) is 7.33. The lowest BCUT2D eigenvalue weighted by molar-refractivity contribution is -0.136. The van der Waals surface area contributed by atoms with Gasteiger partial charge in [-0.1, -0.05) is 6.92 Å². The predicted octanol–water partition coefficient (Wildman–Crippen LogP) is 2.32. The van der Waals surface area contributed by atoms with Crippen LogP contribution < -0.4 is 5.73 Å². The molecule has 2 N–H and O–H groups in total. The van der Waals surface area contributed by atoms with Crippen LogP contribution >= 0.6 is 11.3 Å². The topological polar surface area (TPSA) is 46.3 Å². The summed E-state index contributed by atoms with van der Waals surface area (Å²) in [5.74, 6) is 0.818. The molecule has 3 nitrogen and oxygen atoms in total. The van der Waals surface area contributed by atoms with Gasteiger partial charge in [0.15, 0.2) is 0 Å². The van der Waals surface area contributed by atoms with E-state index < -0.39 is 0 Å². The number of hydrogen-bond acceptors (Lipinski definition) is 3. The number of amides is 1. The molecular formula is C14H20N2OS. The first-order valence-corrected chi connectivity index (χ1v) is 7.72. The standard InChI is InChI=1S/C14H20N2OS/c1-2-11(15)14(17)16-7-5-12-10(6-8-18-12)13(16)9-3-4-9/h6,8-9,11,13H,2-5,7,15H2,1H3/t11-,13?/m1/s1. The quantitative estimate of drug-likeness (QED) is 0.910. The molecular weight excluding hydrogens is 244 g/mol. The van der Waals surface area contributed by atoms with E-state index in [1.54, 1.807) is 0 Å². The van der Waals surface area contributed by atoms with E-state index in [0.29, 0.717) is 12.0 Å². The highest BCUT2D eigenvalue weighted by atomic mass is 32.1.